The zero-order valence-corrected chi connectivity index (χ0v) is 17.2. The van der Waals surface area contributed by atoms with Crippen molar-refractivity contribution in [2.75, 3.05) is 5.32 Å². The number of hydrogen-bond donors (Lipinski definition) is 1. The van der Waals surface area contributed by atoms with Crippen LogP contribution < -0.4 is 5.32 Å². The summed E-state index contributed by atoms with van der Waals surface area (Å²) in [6.45, 7) is 4.09. The number of hydrogen-bond acceptors (Lipinski definition) is 6. The van der Waals surface area contributed by atoms with Crippen LogP contribution in [-0.4, -0.2) is 31.4 Å². The first-order valence-electron chi connectivity index (χ1n) is 8.68. The van der Waals surface area contributed by atoms with Crippen molar-refractivity contribution >= 4 is 34.7 Å². The summed E-state index contributed by atoms with van der Waals surface area (Å²) in [5.41, 5.74) is -1.15. The Bertz CT molecular complexity index is 957. The molecule has 1 unspecified atom stereocenters. The number of carbonyl (C=O) groups is 1. The Morgan fingerprint density at radius 3 is 2.66 bits per heavy atom. The summed E-state index contributed by atoms with van der Waals surface area (Å²) in [7, 11) is 0. The van der Waals surface area contributed by atoms with Crippen LogP contribution in [0.15, 0.2) is 46.9 Å². The number of amides is 1. The van der Waals surface area contributed by atoms with E-state index in [1.807, 2.05) is 31.4 Å². The van der Waals surface area contributed by atoms with Crippen LogP contribution in [0.2, 0.25) is 0 Å². The topological polar surface area (TPSA) is 72.7 Å². The molecule has 2 aromatic heterocycles. The molecule has 0 aliphatic carbocycles. The molecule has 1 N–H and O–H groups in total. The first-order chi connectivity index (χ1) is 13.8. The molecule has 0 spiro atoms. The maximum absolute atomic E-state index is 13.2. The number of carbonyl (C=O) groups excluding carboxylic acids is 1. The van der Waals surface area contributed by atoms with Crippen molar-refractivity contribution in [2.45, 2.75) is 37.0 Å². The number of tetrazole rings is 1. The normalized spacial score (nSPS) is 12.9. The molecule has 2 heterocycles. The van der Waals surface area contributed by atoms with Crippen molar-refractivity contribution in [3.8, 4) is 0 Å². The quantitative estimate of drug-likeness (QED) is 0.545. The van der Waals surface area contributed by atoms with E-state index in [2.05, 4.69) is 20.8 Å². The number of halogens is 3. The number of thioether (sulfide) groups is 1. The molecular formula is C18H18F3N5OS2. The van der Waals surface area contributed by atoms with Crippen molar-refractivity contribution < 1.29 is 18.0 Å². The van der Waals surface area contributed by atoms with Crippen LogP contribution in [0.3, 0.4) is 0 Å². The lowest BCUT2D eigenvalue weighted by molar-refractivity contribution is -0.137. The van der Waals surface area contributed by atoms with E-state index in [0.29, 0.717) is 11.7 Å². The Labute approximate surface area is 173 Å². The van der Waals surface area contributed by atoms with Gasteiger partial charge in [-0.05, 0) is 39.9 Å². The highest BCUT2D eigenvalue weighted by Crippen LogP contribution is 2.35. The van der Waals surface area contributed by atoms with E-state index in [1.165, 1.54) is 18.2 Å². The van der Waals surface area contributed by atoms with Gasteiger partial charge in [-0.15, -0.1) is 16.4 Å². The average Bonchev–Trinajstić information content (AvgIpc) is 3.31. The summed E-state index contributed by atoms with van der Waals surface area (Å²) >= 11 is 2.69. The number of para-hydroxylation sites is 1. The van der Waals surface area contributed by atoms with Gasteiger partial charge in [-0.25, -0.2) is 4.68 Å². The predicted molar refractivity (Wildman–Crippen MR) is 106 cm³/mol. The van der Waals surface area contributed by atoms with Gasteiger partial charge in [0.1, 0.15) is 0 Å². The molecule has 1 amide bonds. The average molecular weight is 442 g/mol. The monoisotopic (exact) mass is 441 g/mol. The minimum Gasteiger partial charge on any atom is -0.325 e. The molecule has 6 nitrogen and oxygen atoms in total. The number of rotatable bonds is 7. The smallest absolute Gasteiger partial charge is 0.325 e. The molecule has 29 heavy (non-hydrogen) atoms. The summed E-state index contributed by atoms with van der Waals surface area (Å²) in [5.74, 6) is -0.697. The fourth-order valence-electron chi connectivity index (χ4n) is 2.58. The van der Waals surface area contributed by atoms with E-state index >= 15 is 0 Å². The molecule has 3 aromatic rings. The number of thiophene rings is 1. The molecule has 0 saturated heterocycles. The van der Waals surface area contributed by atoms with Crippen molar-refractivity contribution in [3.63, 3.8) is 0 Å². The van der Waals surface area contributed by atoms with E-state index in [4.69, 9.17) is 0 Å². The van der Waals surface area contributed by atoms with Gasteiger partial charge in [0.15, 0.2) is 0 Å². The fraction of sp³-hybridized carbons (Fsp3) is 0.333. The van der Waals surface area contributed by atoms with Crippen LogP contribution in [0.5, 0.6) is 0 Å². The minimum atomic E-state index is -4.56. The standard InChI is InChI=1S/C18H18F3N5OS2/c1-11(2)15(16(27)22-14-8-4-3-7-13(14)18(19,20)21)29-17-23-24-25-26(17)10-12-6-5-9-28-12/h3-9,11,15H,10H2,1-2H3,(H,22,27). The Balaban J connectivity index is 1.78. The number of nitrogens with one attached hydrogen (secondary N) is 1. The third-order valence-electron chi connectivity index (χ3n) is 3.97. The first kappa shape index (κ1) is 21.3. The minimum absolute atomic E-state index is 0.162. The second-order valence-corrected chi connectivity index (χ2v) is 8.65. The molecule has 154 valence electrons. The maximum Gasteiger partial charge on any atom is 0.418 e. The Morgan fingerprint density at radius 1 is 1.24 bits per heavy atom. The van der Waals surface area contributed by atoms with Crippen molar-refractivity contribution in [1.29, 1.82) is 0 Å². The summed E-state index contributed by atoms with van der Waals surface area (Å²) in [5, 5.41) is 15.7. The molecule has 0 aliphatic heterocycles. The molecule has 0 saturated carbocycles. The van der Waals surface area contributed by atoms with Crippen LogP contribution in [0.1, 0.15) is 24.3 Å². The molecule has 1 aromatic carbocycles. The van der Waals surface area contributed by atoms with Crippen molar-refractivity contribution in [2.24, 2.45) is 5.92 Å². The molecule has 0 bridgehead atoms. The van der Waals surface area contributed by atoms with Gasteiger partial charge in [-0.1, -0.05) is 43.8 Å². The third kappa shape index (κ3) is 5.36. The Morgan fingerprint density at radius 2 is 2.00 bits per heavy atom. The number of nitrogens with zero attached hydrogens (tertiary/aromatic N) is 4. The van der Waals surface area contributed by atoms with Gasteiger partial charge < -0.3 is 5.32 Å². The SMILES string of the molecule is CC(C)C(Sc1nnnn1Cc1cccs1)C(=O)Nc1ccccc1C(F)(F)F. The van der Waals surface area contributed by atoms with E-state index in [0.717, 1.165) is 22.7 Å². The number of benzene rings is 1. The predicted octanol–water partition coefficient (Wildman–Crippen LogP) is 4.56. The van der Waals surface area contributed by atoms with Crippen LogP contribution in [0, 0.1) is 5.92 Å². The lowest BCUT2D eigenvalue weighted by Crippen LogP contribution is -2.31. The maximum atomic E-state index is 13.2. The van der Waals surface area contributed by atoms with Gasteiger partial charge in [0.25, 0.3) is 0 Å². The molecule has 3 rings (SSSR count). The van der Waals surface area contributed by atoms with Crippen molar-refractivity contribution in [1.82, 2.24) is 20.2 Å². The van der Waals surface area contributed by atoms with Gasteiger partial charge in [-0.3, -0.25) is 4.79 Å². The molecule has 0 radical (unpaired) electrons. The molecule has 1 atom stereocenters. The number of alkyl halides is 3. The molecule has 11 heteroatoms. The molecule has 0 aliphatic rings. The molecular weight excluding hydrogens is 423 g/mol. The Hall–Kier alpha value is -2.40. The third-order valence-corrected chi connectivity index (χ3v) is 6.35. The highest BCUT2D eigenvalue weighted by molar-refractivity contribution is 8.00. The van der Waals surface area contributed by atoms with Crippen LogP contribution in [0.25, 0.3) is 0 Å². The first-order valence-corrected chi connectivity index (χ1v) is 10.4. The van der Waals surface area contributed by atoms with E-state index in [9.17, 15) is 18.0 Å². The van der Waals surface area contributed by atoms with Crippen LogP contribution >= 0.6 is 23.1 Å². The zero-order chi connectivity index (χ0) is 21.0. The number of aromatic nitrogens is 4. The summed E-state index contributed by atoms with van der Waals surface area (Å²) in [6, 6.07) is 8.77. The van der Waals surface area contributed by atoms with Gasteiger partial charge in [-0.2, -0.15) is 13.2 Å². The number of anilines is 1. The van der Waals surface area contributed by atoms with Gasteiger partial charge in [0, 0.05) is 4.88 Å². The second kappa shape index (κ2) is 8.95. The van der Waals surface area contributed by atoms with Crippen LogP contribution in [0.4, 0.5) is 18.9 Å². The van der Waals surface area contributed by atoms with Gasteiger partial charge >= 0.3 is 6.18 Å². The van der Waals surface area contributed by atoms with Gasteiger partial charge in [0.05, 0.1) is 23.0 Å². The van der Waals surface area contributed by atoms with Gasteiger partial charge in [0.2, 0.25) is 11.1 Å². The second-order valence-electron chi connectivity index (χ2n) is 6.51. The molecule has 0 fully saturated rings. The highest BCUT2D eigenvalue weighted by Gasteiger charge is 2.35. The fourth-order valence-corrected chi connectivity index (χ4v) is 4.24. The summed E-state index contributed by atoms with van der Waals surface area (Å²) in [6.07, 6.45) is -4.56. The lowest BCUT2D eigenvalue weighted by Gasteiger charge is -2.20. The van der Waals surface area contributed by atoms with Crippen LogP contribution in [-0.2, 0) is 17.5 Å². The summed E-state index contributed by atoms with van der Waals surface area (Å²) < 4.78 is 41.2. The van der Waals surface area contributed by atoms with E-state index < -0.39 is 22.9 Å². The van der Waals surface area contributed by atoms with E-state index in [1.54, 1.807) is 16.0 Å². The van der Waals surface area contributed by atoms with E-state index in [-0.39, 0.29) is 11.6 Å². The summed E-state index contributed by atoms with van der Waals surface area (Å²) in [4.78, 5) is 13.9. The zero-order valence-electron chi connectivity index (χ0n) is 15.6. The Kier molecular flexibility index (Phi) is 6.58. The largest absolute Gasteiger partial charge is 0.418 e. The lowest BCUT2D eigenvalue weighted by atomic mass is 10.1. The highest BCUT2D eigenvalue weighted by atomic mass is 32.2. The van der Waals surface area contributed by atoms with Crippen molar-refractivity contribution in [3.05, 3.63) is 52.2 Å².